The van der Waals surface area contributed by atoms with Gasteiger partial charge in [-0.25, -0.2) is 4.79 Å². The average Bonchev–Trinajstić information content (AvgIpc) is 2.24. The van der Waals surface area contributed by atoms with Crippen LogP contribution in [-0.4, -0.2) is 48.9 Å². The fraction of sp³-hybridized carbons (Fsp3) is 0.818. The van der Waals surface area contributed by atoms with Crippen molar-refractivity contribution in [3.63, 3.8) is 0 Å². The Labute approximate surface area is 101 Å². The molecule has 0 aromatic heterocycles. The van der Waals surface area contributed by atoms with Gasteiger partial charge in [-0.3, -0.25) is 4.79 Å². The minimum absolute atomic E-state index is 0.186. The molecule has 0 aliphatic rings. The van der Waals surface area contributed by atoms with Crippen molar-refractivity contribution in [2.45, 2.75) is 39.4 Å². The van der Waals surface area contributed by atoms with Crippen LogP contribution in [0.4, 0.5) is 0 Å². The normalized spacial score (nSPS) is 12.5. The zero-order valence-electron chi connectivity index (χ0n) is 10.6. The van der Waals surface area contributed by atoms with Crippen molar-refractivity contribution in [1.29, 1.82) is 0 Å². The lowest BCUT2D eigenvalue weighted by Gasteiger charge is -2.10. The average molecular weight is 247 g/mol. The van der Waals surface area contributed by atoms with E-state index in [1.807, 2.05) is 13.8 Å². The van der Waals surface area contributed by atoms with E-state index in [9.17, 15) is 9.59 Å². The fourth-order valence-electron chi connectivity index (χ4n) is 0.942. The van der Waals surface area contributed by atoms with Crippen LogP contribution in [0.25, 0.3) is 0 Å². The van der Waals surface area contributed by atoms with E-state index in [0.717, 1.165) is 6.42 Å². The first-order chi connectivity index (χ1) is 7.93. The van der Waals surface area contributed by atoms with Gasteiger partial charge >= 0.3 is 5.97 Å². The molecular weight excluding hydrogens is 226 g/mol. The van der Waals surface area contributed by atoms with Crippen LogP contribution in [0.1, 0.15) is 27.2 Å². The summed E-state index contributed by atoms with van der Waals surface area (Å²) in [5.41, 5.74) is 0. The molecule has 100 valence electrons. The number of aliphatic carboxylic acids is 1. The molecule has 0 bridgehead atoms. The molecule has 6 heteroatoms. The molecule has 0 aromatic rings. The summed E-state index contributed by atoms with van der Waals surface area (Å²) >= 11 is 0. The predicted octanol–water partition coefficient (Wildman–Crippen LogP) is 0.407. The number of nitrogens with one attached hydrogen (secondary N) is 1. The van der Waals surface area contributed by atoms with E-state index < -0.39 is 12.1 Å². The van der Waals surface area contributed by atoms with Crippen LogP contribution in [0.2, 0.25) is 0 Å². The molecule has 0 saturated heterocycles. The first kappa shape index (κ1) is 15.9. The van der Waals surface area contributed by atoms with Crippen molar-refractivity contribution < 1.29 is 24.2 Å². The lowest BCUT2D eigenvalue weighted by molar-refractivity contribution is -0.150. The quantitative estimate of drug-likeness (QED) is 0.576. The Hall–Kier alpha value is -1.14. The third-order valence-electron chi connectivity index (χ3n) is 1.91. The van der Waals surface area contributed by atoms with Gasteiger partial charge in [-0.1, -0.05) is 0 Å². The minimum Gasteiger partial charge on any atom is -0.479 e. The van der Waals surface area contributed by atoms with Gasteiger partial charge in [0.1, 0.15) is 6.61 Å². The van der Waals surface area contributed by atoms with Crippen molar-refractivity contribution in [2.24, 2.45) is 0 Å². The van der Waals surface area contributed by atoms with E-state index in [4.69, 9.17) is 14.6 Å². The van der Waals surface area contributed by atoms with E-state index in [-0.39, 0.29) is 18.6 Å². The maximum atomic E-state index is 11.2. The van der Waals surface area contributed by atoms with E-state index in [0.29, 0.717) is 13.2 Å². The summed E-state index contributed by atoms with van der Waals surface area (Å²) < 4.78 is 10.1. The summed E-state index contributed by atoms with van der Waals surface area (Å²) in [4.78, 5) is 21.6. The third-order valence-corrected chi connectivity index (χ3v) is 1.91. The van der Waals surface area contributed by atoms with Crippen LogP contribution >= 0.6 is 0 Å². The molecule has 0 aromatic carbocycles. The summed E-state index contributed by atoms with van der Waals surface area (Å²) in [7, 11) is 0. The Morgan fingerprint density at radius 3 is 2.41 bits per heavy atom. The number of hydrogen-bond acceptors (Lipinski definition) is 4. The monoisotopic (exact) mass is 247 g/mol. The molecule has 0 aliphatic heterocycles. The minimum atomic E-state index is -1.08. The highest BCUT2D eigenvalue weighted by Crippen LogP contribution is 1.91. The molecule has 17 heavy (non-hydrogen) atoms. The predicted molar refractivity (Wildman–Crippen MR) is 61.8 cm³/mol. The van der Waals surface area contributed by atoms with Crippen molar-refractivity contribution in [2.75, 3.05) is 19.8 Å². The highest BCUT2D eigenvalue weighted by molar-refractivity contribution is 5.78. The van der Waals surface area contributed by atoms with E-state index >= 15 is 0 Å². The maximum absolute atomic E-state index is 11.2. The summed E-state index contributed by atoms with van der Waals surface area (Å²) in [6.07, 6.45) is -0.0613. The van der Waals surface area contributed by atoms with E-state index in [1.54, 1.807) is 0 Å². The molecule has 0 heterocycles. The van der Waals surface area contributed by atoms with Gasteiger partial charge < -0.3 is 19.9 Å². The van der Waals surface area contributed by atoms with Gasteiger partial charge in [0.2, 0.25) is 5.91 Å². The van der Waals surface area contributed by atoms with Gasteiger partial charge in [0, 0.05) is 13.2 Å². The Balaban J connectivity index is 3.44. The molecular formula is C11H21NO5. The third kappa shape index (κ3) is 9.77. The molecule has 1 atom stereocenters. The summed E-state index contributed by atoms with van der Waals surface area (Å²) in [6, 6.07) is 0. The highest BCUT2D eigenvalue weighted by atomic mass is 16.5. The molecule has 0 unspecified atom stereocenters. The van der Waals surface area contributed by atoms with Gasteiger partial charge in [0.05, 0.1) is 6.10 Å². The fourth-order valence-corrected chi connectivity index (χ4v) is 0.942. The van der Waals surface area contributed by atoms with Gasteiger partial charge in [-0.15, -0.1) is 0 Å². The number of carboxylic acids is 1. The van der Waals surface area contributed by atoms with Gasteiger partial charge in [-0.2, -0.15) is 0 Å². The lowest BCUT2D eigenvalue weighted by atomic mass is 10.4. The second-order valence-corrected chi connectivity index (χ2v) is 3.91. The van der Waals surface area contributed by atoms with Crippen LogP contribution in [0.5, 0.6) is 0 Å². The zero-order valence-corrected chi connectivity index (χ0v) is 10.6. The standard InChI is InChI=1S/C11H21NO5/c1-8(2)16-6-4-5-12-10(13)7-17-9(3)11(14)15/h8-9H,4-7H2,1-3H3,(H,12,13)(H,14,15)/t9-/m0/s1. The molecule has 2 N–H and O–H groups in total. The van der Waals surface area contributed by atoms with Crippen molar-refractivity contribution in [3.05, 3.63) is 0 Å². The molecule has 0 radical (unpaired) electrons. The van der Waals surface area contributed by atoms with Crippen LogP contribution in [0, 0.1) is 0 Å². The SMILES string of the molecule is CC(C)OCCCNC(=O)CO[C@@H](C)C(=O)O. The number of ether oxygens (including phenoxy) is 2. The van der Waals surface area contributed by atoms with Crippen LogP contribution < -0.4 is 5.32 Å². The van der Waals surface area contributed by atoms with Crippen molar-refractivity contribution >= 4 is 11.9 Å². The van der Waals surface area contributed by atoms with Gasteiger partial charge in [0.15, 0.2) is 6.10 Å². The second-order valence-electron chi connectivity index (χ2n) is 3.91. The first-order valence-corrected chi connectivity index (χ1v) is 5.66. The molecule has 0 fully saturated rings. The van der Waals surface area contributed by atoms with Crippen LogP contribution in [0.15, 0.2) is 0 Å². The van der Waals surface area contributed by atoms with E-state index in [1.165, 1.54) is 6.92 Å². The molecule has 0 rings (SSSR count). The molecule has 0 saturated carbocycles. The molecule has 1 amide bonds. The number of carboxylic acid groups (broad SMARTS) is 1. The number of carbonyl (C=O) groups excluding carboxylic acids is 1. The maximum Gasteiger partial charge on any atom is 0.332 e. The molecule has 6 nitrogen and oxygen atoms in total. The second kappa shape index (κ2) is 8.95. The van der Waals surface area contributed by atoms with Crippen molar-refractivity contribution in [3.8, 4) is 0 Å². The largest absolute Gasteiger partial charge is 0.479 e. The highest BCUT2D eigenvalue weighted by Gasteiger charge is 2.12. The summed E-state index contributed by atoms with van der Waals surface area (Å²) in [6.45, 7) is 6.12. The Kier molecular flexibility index (Phi) is 8.35. The molecule has 0 aliphatic carbocycles. The van der Waals surface area contributed by atoms with Crippen LogP contribution in [-0.2, 0) is 19.1 Å². The van der Waals surface area contributed by atoms with Crippen molar-refractivity contribution in [1.82, 2.24) is 5.32 Å². The summed E-state index contributed by atoms with van der Waals surface area (Å²) in [5.74, 6) is -1.40. The smallest absolute Gasteiger partial charge is 0.332 e. The zero-order chi connectivity index (χ0) is 13.3. The van der Waals surface area contributed by atoms with Gasteiger partial charge in [0.25, 0.3) is 0 Å². The number of hydrogen-bond donors (Lipinski definition) is 2. The number of rotatable bonds is 9. The topological polar surface area (TPSA) is 84.9 Å². The van der Waals surface area contributed by atoms with Gasteiger partial charge in [-0.05, 0) is 27.2 Å². The Bertz CT molecular complexity index is 242. The number of carbonyl (C=O) groups is 2. The van der Waals surface area contributed by atoms with E-state index in [2.05, 4.69) is 5.32 Å². The Morgan fingerprint density at radius 2 is 1.88 bits per heavy atom. The summed E-state index contributed by atoms with van der Waals surface area (Å²) in [5, 5.41) is 11.1. The Morgan fingerprint density at radius 1 is 1.24 bits per heavy atom. The molecule has 0 spiro atoms. The first-order valence-electron chi connectivity index (χ1n) is 5.66. The lowest BCUT2D eigenvalue weighted by Crippen LogP contribution is -2.32. The number of amides is 1. The van der Waals surface area contributed by atoms with Crippen LogP contribution in [0.3, 0.4) is 0 Å².